The van der Waals surface area contributed by atoms with Crippen molar-refractivity contribution in [3.8, 4) is 0 Å². The molecule has 0 aromatic rings. The Hall–Kier alpha value is -1.06. The molecule has 2 N–H and O–H groups in total. The van der Waals surface area contributed by atoms with E-state index in [1.807, 2.05) is 0 Å². The van der Waals surface area contributed by atoms with Gasteiger partial charge >= 0.3 is 5.97 Å². The van der Waals surface area contributed by atoms with Gasteiger partial charge in [-0.25, -0.2) is 0 Å². The van der Waals surface area contributed by atoms with Gasteiger partial charge in [0.25, 0.3) is 0 Å². The van der Waals surface area contributed by atoms with Crippen LogP contribution in [0.15, 0.2) is 0 Å². The summed E-state index contributed by atoms with van der Waals surface area (Å²) in [6.45, 7) is 8.47. The van der Waals surface area contributed by atoms with E-state index in [9.17, 15) is 9.59 Å². The van der Waals surface area contributed by atoms with Gasteiger partial charge in [-0.2, -0.15) is 0 Å². The first-order valence-electron chi connectivity index (χ1n) is 7.01. The predicted molar refractivity (Wildman–Crippen MR) is 74.2 cm³/mol. The molecule has 1 aliphatic rings. The Morgan fingerprint density at radius 1 is 1.37 bits per heavy atom. The van der Waals surface area contributed by atoms with Gasteiger partial charge in [0, 0.05) is 0 Å². The van der Waals surface area contributed by atoms with Gasteiger partial charge in [-0.1, -0.05) is 27.7 Å². The van der Waals surface area contributed by atoms with Crippen LogP contribution in [0.1, 0.15) is 53.4 Å². The molecule has 1 amide bonds. The Morgan fingerprint density at radius 2 is 1.95 bits per heavy atom. The van der Waals surface area contributed by atoms with Crippen LogP contribution in [0.5, 0.6) is 0 Å². The zero-order valence-electron chi connectivity index (χ0n) is 12.8. The fourth-order valence-corrected chi connectivity index (χ4v) is 3.75. The van der Waals surface area contributed by atoms with E-state index in [0.29, 0.717) is 12.3 Å². The highest BCUT2D eigenvalue weighted by molar-refractivity contribution is 5.86. The van der Waals surface area contributed by atoms with Crippen molar-refractivity contribution in [1.29, 1.82) is 0 Å². The minimum Gasteiger partial charge on any atom is -0.469 e. The third kappa shape index (κ3) is 3.28. The fourth-order valence-electron chi connectivity index (χ4n) is 3.75. The van der Waals surface area contributed by atoms with Crippen molar-refractivity contribution in [2.75, 3.05) is 7.11 Å². The summed E-state index contributed by atoms with van der Waals surface area (Å²) in [5.41, 5.74) is 4.98. The molecule has 4 heteroatoms. The summed E-state index contributed by atoms with van der Waals surface area (Å²) in [6.07, 6.45) is 2.76. The van der Waals surface area contributed by atoms with E-state index in [1.165, 1.54) is 7.11 Å². The minimum absolute atomic E-state index is 0.0362. The van der Waals surface area contributed by atoms with Crippen molar-refractivity contribution >= 4 is 11.9 Å². The molecule has 0 aliphatic heterocycles. The summed E-state index contributed by atoms with van der Waals surface area (Å²) in [5.74, 6) is -0.225. The zero-order valence-corrected chi connectivity index (χ0v) is 12.8. The highest BCUT2D eigenvalue weighted by atomic mass is 16.5. The van der Waals surface area contributed by atoms with Crippen LogP contribution in [0.2, 0.25) is 0 Å². The fraction of sp³-hybridized carbons (Fsp3) is 0.867. The maximum Gasteiger partial charge on any atom is 0.306 e. The summed E-state index contributed by atoms with van der Waals surface area (Å²) in [4.78, 5) is 23.9. The molecule has 1 saturated carbocycles. The Balaban J connectivity index is 3.18. The van der Waals surface area contributed by atoms with Crippen LogP contribution in [0, 0.1) is 22.7 Å². The first kappa shape index (κ1) is 16.0. The second-order valence-electron chi connectivity index (χ2n) is 7.00. The van der Waals surface area contributed by atoms with E-state index in [-0.39, 0.29) is 29.6 Å². The predicted octanol–water partition coefficient (Wildman–Crippen LogP) is 2.50. The van der Waals surface area contributed by atoms with E-state index < -0.39 is 5.41 Å². The first-order chi connectivity index (χ1) is 8.64. The molecule has 19 heavy (non-hydrogen) atoms. The van der Waals surface area contributed by atoms with Gasteiger partial charge in [-0.3, -0.25) is 9.59 Å². The van der Waals surface area contributed by atoms with E-state index in [2.05, 4.69) is 27.7 Å². The molecule has 0 radical (unpaired) electrons. The number of carbonyl (C=O) groups is 2. The number of esters is 1. The average Bonchev–Trinajstić information content (AvgIpc) is 2.26. The number of primary amides is 1. The molecular formula is C15H27NO3. The highest BCUT2D eigenvalue weighted by Crippen LogP contribution is 2.53. The van der Waals surface area contributed by atoms with E-state index in [4.69, 9.17) is 10.5 Å². The van der Waals surface area contributed by atoms with Gasteiger partial charge in [-0.05, 0) is 36.5 Å². The van der Waals surface area contributed by atoms with E-state index >= 15 is 0 Å². The molecule has 110 valence electrons. The Labute approximate surface area is 116 Å². The monoisotopic (exact) mass is 269 g/mol. The van der Waals surface area contributed by atoms with Crippen molar-refractivity contribution in [2.24, 2.45) is 28.4 Å². The topological polar surface area (TPSA) is 69.4 Å². The second-order valence-corrected chi connectivity index (χ2v) is 7.00. The van der Waals surface area contributed by atoms with Crippen molar-refractivity contribution in [3.63, 3.8) is 0 Å². The third-order valence-electron chi connectivity index (χ3n) is 4.62. The molecule has 0 bridgehead atoms. The maximum absolute atomic E-state index is 12.1. The van der Waals surface area contributed by atoms with Crippen molar-refractivity contribution < 1.29 is 14.3 Å². The second kappa shape index (κ2) is 5.51. The average molecular weight is 269 g/mol. The molecule has 2 unspecified atom stereocenters. The number of hydrogen-bond donors (Lipinski definition) is 1. The van der Waals surface area contributed by atoms with Gasteiger partial charge in [0.05, 0.1) is 18.9 Å². The molecule has 0 aromatic carbocycles. The largest absolute Gasteiger partial charge is 0.469 e. The Kier molecular flexibility index (Phi) is 4.64. The maximum atomic E-state index is 12.1. The number of ether oxygens (including phenoxy) is 1. The number of nitrogens with two attached hydrogens (primary N) is 1. The Bertz CT molecular complexity index is 362. The van der Waals surface area contributed by atoms with Crippen LogP contribution in [0.3, 0.4) is 0 Å². The smallest absolute Gasteiger partial charge is 0.306 e. The molecular weight excluding hydrogens is 242 g/mol. The Morgan fingerprint density at radius 3 is 2.37 bits per heavy atom. The van der Waals surface area contributed by atoms with Gasteiger partial charge in [0.15, 0.2) is 0 Å². The number of amides is 1. The van der Waals surface area contributed by atoms with Crippen LogP contribution >= 0.6 is 0 Å². The number of methoxy groups -OCH3 is 1. The van der Waals surface area contributed by atoms with Crippen molar-refractivity contribution in [1.82, 2.24) is 0 Å². The zero-order chi connectivity index (χ0) is 14.8. The van der Waals surface area contributed by atoms with E-state index in [0.717, 1.165) is 12.8 Å². The summed E-state index contributed by atoms with van der Waals surface area (Å²) in [5, 5.41) is 0. The normalized spacial score (nSPS) is 30.1. The lowest BCUT2D eigenvalue weighted by atomic mass is 9.54. The standard InChI is InChI=1S/C15H27NO3/c1-10(2)11-6-7-14(3,4)9-15(11,13(16)18)8-12(17)19-5/h10-11H,6-9H2,1-5H3,(H2,16,18). The lowest BCUT2D eigenvalue weighted by Gasteiger charge is -2.49. The minimum atomic E-state index is -0.761. The van der Waals surface area contributed by atoms with E-state index in [1.54, 1.807) is 0 Å². The molecule has 1 aliphatic carbocycles. The van der Waals surface area contributed by atoms with Gasteiger partial charge < -0.3 is 10.5 Å². The highest BCUT2D eigenvalue weighted by Gasteiger charge is 2.52. The number of hydrogen-bond acceptors (Lipinski definition) is 3. The molecule has 2 atom stereocenters. The van der Waals surface area contributed by atoms with Gasteiger partial charge in [-0.15, -0.1) is 0 Å². The lowest BCUT2D eigenvalue weighted by molar-refractivity contribution is -0.155. The lowest BCUT2D eigenvalue weighted by Crippen LogP contribution is -2.52. The third-order valence-corrected chi connectivity index (χ3v) is 4.62. The van der Waals surface area contributed by atoms with Crippen LogP contribution < -0.4 is 5.73 Å². The molecule has 1 rings (SSSR count). The SMILES string of the molecule is COC(=O)CC1(C(N)=O)CC(C)(C)CCC1C(C)C. The quantitative estimate of drug-likeness (QED) is 0.797. The molecule has 0 spiro atoms. The van der Waals surface area contributed by atoms with Crippen molar-refractivity contribution in [3.05, 3.63) is 0 Å². The van der Waals surface area contributed by atoms with Crippen LogP contribution in [-0.4, -0.2) is 19.0 Å². The summed E-state index contributed by atoms with van der Waals surface area (Å²) >= 11 is 0. The summed E-state index contributed by atoms with van der Waals surface area (Å²) in [7, 11) is 1.36. The van der Waals surface area contributed by atoms with Crippen LogP contribution in [-0.2, 0) is 14.3 Å². The molecule has 0 aromatic heterocycles. The first-order valence-corrected chi connectivity index (χ1v) is 7.01. The molecule has 1 fully saturated rings. The van der Waals surface area contributed by atoms with Crippen LogP contribution in [0.4, 0.5) is 0 Å². The van der Waals surface area contributed by atoms with Crippen LogP contribution in [0.25, 0.3) is 0 Å². The number of rotatable bonds is 4. The van der Waals surface area contributed by atoms with Gasteiger partial charge in [0.1, 0.15) is 0 Å². The van der Waals surface area contributed by atoms with Gasteiger partial charge in [0.2, 0.25) is 5.91 Å². The van der Waals surface area contributed by atoms with Crippen molar-refractivity contribution in [2.45, 2.75) is 53.4 Å². The summed E-state index contributed by atoms with van der Waals surface area (Å²) < 4.78 is 4.78. The number of carbonyl (C=O) groups excluding carboxylic acids is 2. The molecule has 0 heterocycles. The molecule has 4 nitrogen and oxygen atoms in total. The molecule has 0 saturated heterocycles. The summed E-state index contributed by atoms with van der Waals surface area (Å²) in [6, 6.07) is 0.